The molecule has 0 aromatic rings. The molecule has 0 spiro atoms. The zero-order valence-electron chi connectivity index (χ0n) is 11.5. The Morgan fingerprint density at radius 2 is 1.80 bits per heavy atom. The number of carbonyl (C=O) groups is 3. The average Bonchev–Trinajstić information content (AvgIpc) is 2.29. The van der Waals surface area contributed by atoms with Crippen molar-refractivity contribution in [2.45, 2.75) is 12.5 Å². The quantitative estimate of drug-likeness (QED) is 0.511. The lowest BCUT2D eigenvalue weighted by molar-refractivity contribution is -0.139. The molecule has 0 fully saturated rings. The molecule has 0 rings (SSSR count). The summed E-state index contributed by atoms with van der Waals surface area (Å²) in [7, 11) is -0.305. The minimum Gasteiger partial charge on any atom is -0.480 e. The topological polar surface area (TPSA) is 133 Å². The SMILES string of the molecule is CN(C)C(=O)CNC(=O)NC(CCS(C)(=O)=O)C(=O)O. The maximum atomic E-state index is 11.4. The first-order valence-corrected chi connectivity index (χ1v) is 7.74. The van der Waals surface area contributed by atoms with Crippen molar-refractivity contribution in [3.05, 3.63) is 0 Å². The molecule has 0 aliphatic carbocycles. The van der Waals surface area contributed by atoms with Crippen LogP contribution < -0.4 is 10.6 Å². The van der Waals surface area contributed by atoms with Crippen LogP contribution in [-0.4, -0.2) is 75.0 Å². The number of hydrogen-bond donors (Lipinski definition) is 3. The third-order valence-corrected chi connectivity index (χ3v) is 3.26. The van der Waals surface area contributed by atoms with E-state index in [9.17, 15) is 22.8 Å². The lowest BCUT2D eigenvalue weighted by Crippen LogP contribution is -2.48. The van der Waals surface area contributed by atoms with Gasteiger partial charge in [0.15, 0.2) is 0 Å². The molecule has 0 saturated carbocycles. The highest BCUT2D eigenvalue weighted by molar-refractivity contribution is 7.90. The first-order valence-electron chi connectivity index (χ1n) is 5.68. The van der Waals surface area contributed by atoms with Gasteiger partial charge in [-0.2, -0.15) is 0 Å². The summed E-state index contributed by atoms with van der Waals surface area (Å²) in [6, 6.07) is -2.18. The Morgan fingerprint density at radius 1 is 1.25 bits per heavy atom. The molecule has 10 heteroatoms. The summed E-state index contributed by atoms with van der Waals surface area (Å²) in [5, 5.41) is 13.2. The number of sulfone groups is 1. The van der Waals surface area contributed by atoms with E-state index in [-0.39, 0.29) is 24.6 Å². The van der Waals surface area contributed by atoms with Crippen LogP contribution in [0.2, 0.25) is 0 Å². The molecule has 116 valence electrons. The van der Waals surface area contributed by atoms with Gasteiger partial charge in [0, 0.05) is 20.4 Å². The summed E-state index contributed by atoms with van der Waals surface area (Å²) in [5.41, 5.74) is 0. The normalized spacial score (nSPS) is 12.3. The fourth-order valence-electron chi connectivity index (χ4n) is 1.11. The van der Waals surface area contributed by atoms with Crippen LogP contribution in [0.1, 0.15) is 6.42 Å². The molecular weight excluding hydrogens is 290 g/mol. The van der Waals surface area contributed by atoms with Crippen molar-refractivity contribution in [2.24, 2.45) is 0 Å². The van der Waals surface area contributed by atoms with Gasteiger partial charge in [0.05, 0.1) is 12.3 Å². The molecule has 0 aromatic heterocycles. The van der Waals surface area contributed by atoms with Gasteiger partial charge in [-0.15, -0.1) is 0 Å². The molecule has 0 radical (unpaired) electrons. The second kappa shape index (κ2) is 7.68. The van der Waals surface area contributed by atoms with Crippen molar-refractivity contribution in [1.29, 1.82) is 0 Å². The highest BCUT2D eigenvalue weighted by Gasteiger charge is 2.21. The van der Waals surface area contributed by atoms with Gasteiger partial charge in [0.25, 0.3) is 0 Å². The van der Waals surface area contributed by atoms with E-state index in [4.69, 9.17) is 5.11 Å². The van der Waals surface area contributed by atoms with Crippen molar-refractivity contribution in [3.63, 3.8) is 0 Å². The van der Waals surface area contributed by atoms with Crippen molar-refractivity contribution < 1.29 is 27.9 Å². The fraction of sp³-hybridized carbons (Fsp3) is 0.700. The van der Waals surface area contributed by atoms with E-state index in [1.165, 1.54) is 19.0 Å². The predicted molar refractivity (Wildman–Crippen MR) is 71.0 cm³/mol. The number of nitrogens with zero attached hydrogens (tertiary/aromatic N) is 1. The largest absolute Gasteiger partial charge is 0.480 e. The summed E-state index contributed by atoms with van der Waals surface area (Å²) < 4.78 is 21.9. The van der Waals surface area contributed by atoms with Gasteiger partial charge in [-0.25, -0.2) is 18.0 Å². The molecule has 0 saturated heterocycles. The Kier molecular flexibility index (Phi) is 6.97. The van der Waals surface area contributed by atoms with Crippen molar-refractivity contribution in [1.82, 2.24) is 15.5 Å². The van der Waals surface area contributed by atoms with E-state index in [0.29, 0.717) is 0 Å². The van der Waals surface area contributed by atoms with Gasteiger partial charge in [-0.3, -0.25) is 4.79 Å². The standard InChI is InChI=1S/C10H19N3O6S/c1-13(2)8(14)6-11-10(17)12-7(9(15)16)4-5-20(3,18)19/h7H,4-6H2,1-3H3,(H,15,16)(H2,11,12,17). The van der Waals surface area contributed by atoms with Crippen molar-refractivity contribution in [2.75, 3.05) is 32.6 Å². The first kappa shape index (κ1) is 18.2. The van der Waals surface area contributed by atoms with Crippen LogP contribution in [0.5, 0.6) is 0 Å². The van der Waals surface area contributed by atoms with Gasteiger partial charge in [0.2, 0.25) is 5.91 Å². The number of carbonyl (C=O) groups excluding carboxylic acids is 2. The number of hydrogen-bond acceptors (Lipinski definition) is 5. The van der Waals surface area contributed by atoms with Crippen molar-refractivity contribution >= 4 is 27.7 Å². The Hall–Kier alpha value is -1.84. The summed E-state index contributed by atoms with van der Waals surface area (Å²) in [6.45, 7) is -0.281. The van der Waals surface area contributed by atoms with E-state index in [1.807, 2.05) is 0 Å². The summed E-state index contributed by atoms with van der Waals surface area (Å²) in [4.78, 5) is 34.8. The third-order valence-electron chi connectivity index (χ3n) is 2.28. The number of amides is 3. The zero-order chi connectivity index (χ0) is 15.9. The highest BCUT2D eigenvalue weighted by atomic mass is 32.2. The van der Waals surface area contributed by atoms with Crippen LogP contribution in [-0.2, 0) is 19.4 Å². The number of carboxylic acid groups (broad SMARTS) is 1. The molecule has 0 heterocycles. The second-order valence-corrected chi connectivity index (χ2v) is 6.68. The van der Waals surface area contributed by atoms with Crippen LogP contribution in [0.4, 0.5) is 4.79 Å². The number of likely N-dealkylation sites (N-methyl/N-ethyl adjacent to an activating group) is 1. The average molecular weight is 309 g/mol. The van der Waals surface area contributed by atoms with Gasteiger partial charge in [-0.1, -0.05) is 0 Å². The summed E-state index contributed by atoms with van der Waals surface area (Å²) in [6.07, 6.45) is 0.727. The van der Waals surface area contributed by atoms with Gasteiger partial charge in [0.1, 0.15) is 15.9 Å². The second-order valence-electron chi connectivity index (χ2n) is 4.42. The van der Waals surface area contributed by atoms with E-state index >= 15 is 0 Å². The highest BCUT2D eigenvalue weighted by Crippen LogP contribution is 1.97. The number of aliphatic carboxylic acids is 1. The smallest absolute Gasteiger partial charge is 0.326 e. The van der Waals surface area contributed by atoms with Crippen LogP contribution in [0.25, 0.3) is 0 Å². The lowest BCUT2D eigenvalue weighted by atomic mass is 10.2. The third kappa shape index (κ3) is 8.29. The minimum absolute atomic E-state index is 0.247. The number of urea groups is 1. The van der Waals surface area contributed by atoms with Gasteiger partial charge in [-0.05, 0) is 6.42 Å². The molecule has 0 aliphatic heterocycles. The predicted octanol–water partition coefficient (Wildman–Crippen LogP) is -1.74. The molecule has 1 unspecified atom stereocenters. The maximum Gasteiger partial charge on any atom is 0.326 e. The summed E-state index contributed by atoms with van der Waals surface area (Å²) >= 11 is 0. The minimum atomic E-state index is -3.32. The molecular formula is C10H19N3O6S. The van der Waals surface area contributed by atoms with Gasteiger partial charge < -0.3 is 20.6 Å². The molecule has 3 amide bonds. The number of carboxylic acids is 1. The van der Waals surface area contributed by atoms with Crippen LogP contribution in [0, 0.1) is 0 Å². The molecule has 20 heavy (non-hydrogen) atoms. The molecule has 0 aliphatic rings. The maximum absolute atomic E-state index is 11.4. The van der Waals surface area contributed by atoms with Gasteiger partial charge >= 0.3 is 12.0 Å². The van der Waals surface area contributed by atoms with E-state index in [2.05, 4.69) is 10.6 Å². The van der Waals surface area contributed by atoms with E-state index in [0.717, 1.165) is 6.26 Å². The van der Waals surface area contributed by atoms with Crippen LogP contribution in [0.3, 0.4) is 0 Å². The van der Waals surface area contributed by atoms with E-state index in [1.54, 1.807) is 0 Å². The van der Waals surface area contributed by atoms with Crippen LogP contribution >= 0.6 is 0 Å². The fourth-order valence-corrected chi connectivity index (χ4v) is 1.78. The molecule has 1 atom stereocenters. The van der Waals surface area contributed by atoms with Crippen LogP contribution in [0.15, 0.2) is 0 Å². The molecule has 0 bridgehead atoms. The molecule has 3 N–H and O–H groups in total. The molecule has 0 aromatic carbocycles. The number of nitrogens with one attached hydrogen (secondary N) is 2. The monoisotopic (exact) mass is 309 g/mol. The van der Waals surface area contributed by atoms with E-state index < -0.39 is 27.9 Å². The lowest BCUT2D eigenvalue weighted by Gasteiger charge is -2.15. The number of rotatable bonds is 7. The Bertz CT molecular complexity index is 473. The zero-order valence-corrected chi connectivity index (χ0v) is 12.4. The molecule has 9 nitrogen and oxygen atoms in total. The Morgan fingerprint density at radius 3 is 2.20 bits per heavy atom. The van der Waals surface area contributed by atoms with Crippen molar-refractivity contribution in [3.8, 4) is 0 Å². The Labute approximate surface area is 117 Å². The summed E-state index contributed by atoms with van der Waals surface area (Å²) in [5.74, 6) is -2.06. The first-order chi connectivity index (χ1) is 9.03. The Balaban J connectivity index is 4.35.